The largest absolute Gasteiger partial charge is 0.484 e. The van der Waals surface area contributed by atoms with Gasteiger partial charge in [-0.05, 0) is 55.3 Å². The Morgan fingerprint density at radius 1 is 1.24 bits per heavy atom. The molecule has 1 aliphatic heterocycles. The molecule has 0 radical (unpaired) electrons. The van der Waals surface area contributed by atoms with E-state index in [0.717, 1.165) is 18.7 Å². The smallest absolute Gasteiger partial charge is 0.262 e. The molecule has 0 bridgehead atoms. The number of halogens is 1. The molecule has 1 N–H and O–H groups in total. The van der Waals surface area contributed by atoms with Gasteiger partial charge < -0.3 is 15.0 Å². The van der Waals surface area contributed by atoms with E-state index >= 15 is 0 Å². The molecule has 130 valence electrons. The molecule has 0 atom stereocenters. The molecule has 2 amide bonds. The fourth-order valence-electron chi connectivity index (χ4n) is 2.66. The van der Waals surface area contributed by atoms with Gasteiger partial charge in [0.05, 0.1) is 0 Å². The molecule has 25 heavy (non-hydrogen) atoms. The van der Waals surface area contributed by atoms with Crippen LogP contribution in [0.1, 0.15) is 18.4 Å². The second-order valence-corrected chi connectivity index (χ2v) is 5.94. The van der Waals surface area contributed by atoms with E-state index in [2.05, 4.69) is 5.32 Å². The van der Waals surface area contributed by atoms with E-state index in [0.29, 0.717) is 23.4 Å². The van der Waals surface area contributed by atoms with Crippen LogP contribution in [0, 0.1) is 12.7 Å². The summed E-state index contributed by atoms with van der Waals surface area (Å²) in [5.74, 6) is -0.0909. The number of benzene rings is 2. The predicted octanol–water partition coefficient (Wildman–Crippen LogP) is 3.28. The number of rotatable bonds is 5. The Bertz CT molecular complexity index is 790. The first-order valence-corrected chi connectivity index (χ1v) is 8.12. The summed E-state index contributed by atoms with van der Waals surface area (Å²) in [5.41, 5.74) is 1.74. The van der Waals surface area contributed by atoms with Gasteiger partial charge in [-0.1, -0.05) is 6.07 Å². The maximum atomic E-state index is 13.5. The first-order chi connectivity index (χ1) is 12.0. The number of ether oxygens (including phenoxy) is 1. The number of nitrogens with one attached hydrogen (secondary N) is 1. The molecule has 0 aliphatic carbocycles. The number of anilines is 2. The van der Waals surface area contributed by atoms with Gasteiger partial charge >= 0.3 is 0 Å². The van der Waals surface area contributed by atoms with Crippen LogP contribution in [-0.4, -0.2) is 25.0 Å². The fraction of sp³-hybridized carbons (Fsp3) is 0.263. The average molecular weight is 342 g/mol. The Morgan fingerprint density at radius 3 is 2.64 bits per heavy atom. The van der Waals surface area contributed by atoms with Crippen LogP contribution in [0.25, 0.3) is 0 Å². The maximum absolute atomic E-state index is 13.5. The lowest BCUT2D eigenvalue weighted by atomic mass is 10.2. The summed E-state index contributed by atoms with van der Waals surface area (Å²) < 4.78 is 18.9. The Morgan fingerprint density at radius 2 is 2.00 bits per heavy atom. The monoisotopic (exact) mass is 342 g/mol. The molecule has 1 aliphatic rings. The van der Waals surface area contributed by atoms with Crippen LogP contribution >= 0.6 is 0 Å². The standard InChI is InChI=1S/C19H19FN2O3/c1-13-4-5-14(11-17(13)20)21-18(23)12-25-16-8-6-15(7-9-16)22-10-2-3-19(22)24/h4-9,11H,2-3,10,12H2,1H3,(H,21,23). The molecule has 0 saturated carbocycles. The second-order valence-electron chi connectivity index (χ2n) is 5.94. The van der Waals surface area contributed by atoms with Crippen LogP contribution in [-0.2, 0) is 9.59 Å². The van der Waals surface area contributed by atoms with Crippen molar-refractivity contribution in [3.63, 3.8) is 0 Å². The molecule has 3 rings (SSSR count). The number of carbonyl (C=O) groups excluding carboxylic acids is 2. The highest BCUT2D eigenvalue weighted by atomic mass is 19.1. The lowest BCUT2D eigenvalue weighted by Gasteiger charge is -2.16. The predicted molar refractivity (Wildman–Crippen MR) is 93.3 cm³/mol. The van der Waals surface area contributed by atoms with Gasteiger partial charge in [-0.2, -0.15) is 0 Å². The van der Waals surface area contributed by atoms with Crippen molar-refractivity contribution in [1.29, 1.82) is 0 Å². The minimum Gasteiger partial charge on any atom is -0.484 e. The minimum absolute atomic E-state index is 0.123. The SMILES string of the molecule is Cc1ccc(NC(=O)COc2ccc(N3CCCC3=O)cc2)cc1F. The quantitative estimate of drug-likeness (QED) is 0.907. The van der Waals surface area contributed by atoms with Gasteiger partial charge in [0.15, 0.2) is 6.61 Å². The van der Waals surface area contributed by atoms with E-state index in [9.17, 15) is 14.0 Å². The second kappa shape index (κ2) is 7.34. The molecule has 0 aromatic heterocycles. The Balaban J connectivity index is 1.53. The number of amides is 2. The van der Waals surface area contributed by atoms with E-state index in [1.54, 1.807) is 48.2 Å². The molecule has 2 aromatic rings. The van der Waals surface area contributed by atoms with Crippen LogP contribution in [0.4, 0.5) is 15.8 Å². The number of hydrogen-bond acceptors (Lipinski definition) is 3. The van der Waals surface area contributed by atoms with Gasteiger partial charge in [-0.15, -0.1) is 0 Å². The Hall–Kier alpha value is -2.89. The summed E-state index contributed by atoms with van der Waals surface area (Å²) in [7, 11) is 0. The van der Waals surface area contributed by atoms with Crippen molar-refractivity contribution in [2.45, 2.75) is 19.8 Å². The van der Waals surface area contributed by atoms with Gasteiger partial charge in [0.1, 0.15) is 11.6 Å². The van der Waals surface area contributed by atoms with Gasteiger partial charge in [0.2, 0.25) is 5.91 Å². The zero-order valence-corrected chi connectivity index (χ0v) is 13.9. The van der Waals surface area contributed by atoms with Crippen molar-refractivity contribution in [1.82, 2.24) is 0 Å². The van der Waals surface area contributed by atoms with Crippen LogP contribution in [0.15, 0.2) is 42.5 Å². The first kappa shape index (κ1) is 17.0. The van der Waals surface area contributed by atoms with E-state index in [1.807, 2.05) is 0 Å². The van der Waals surface area contributed by atoms with Crippen molar-refractivity contribution >= 4 is 23.2 Å². The lowest BCUT2D eigenvalue weighted by Crippen LogP contribution is -2.23. The molecule has 1 heterocycles. The molecular weight excluding hydrogens is 323 g/mol. The average Bonchev–Trinajstić information content (AvgIpc) is 3.03. The summed E-state index contributed by atoms with van der Waals surface area (Å²) in [6, 6.07) is 11.6. The zero-order valence-electron chi connectivity index (χ0n) is 13.9. The normalized spacial score (nSPS) is 13.8. The molecule has 2 aromatic carbocycles. The van der Waals surface area contributed by atoms with Crippen molar-refractivity contribution in [3.05, 3.63) is 53.8 Å². The van der Waals surface area contributed by atoms with Gasteiger partial charge in [0.25, 0.3) is 5.91 Å². The van der Waals surface area contributed by atoms with Crippen LogP contribution in [0.3, 0.4) is 0 Å². The third-order valence-corrected chi connectivity index (χ3v) is 4.05. The van der Waals surface area contributed by atoms with Crippen molar-refractivity contribution < 1.29 is 18.7 Å². The van der Waals surface area contributed by atoms with Crippen molar-refractivity contribution in [2.75, 3.05) is 23.4 Å². The summed E-state index contributed by atoms with van der Waals surface area (Å²) in [6.45, 7) is 2.20. The summed E-state index contributed by atoms with van der Waals surface area (Å²) in [4.78, 5) is 25.3. The highest BCUT2D eigenvalue weighted by Gasteiger charge is 2.21. The number of hydrogen-bond donors (Lipinski definition) is 1. The molecule has 6 heteroatoms. The third-order valence-electron chi connectivity index (χ3n) is 4.05. The van der Waals surface area contributed by atoms with Crippen molar-refractivity contribution in [3.8, 4) is 5.75 Å². The third kappa shape index (κ3) is 4.15. The molecule has 0 spiro atoms. The molecule has 0 unspecified atom stereocenters. The molecular formula is C19H19FN2O3. The van der Waals surface area contributed by atoms with E-state index in [-0.39, 0.29) is 24.2 Å². The Kier molecular flexibility index (Phi) is 4.97. The number of aryl methyl sites for hydroxylation is 1. The molecule has 1 fully saturated rings. The van der Waals surface area contributed by atoms with Gasteiger partial charge in [-0.25, -0.2) is 4.39 Å². The topological polar surface area (TPSA) is 58.6 Å². The molecule has 1 saturated heterocycles. The lowest BCUT2D eigenvalue weighted by molar-refractivity contribution is -0.118. The van der Waals surface area contributed by atoms with Gasteiger partial charge in [0, 0.05) is 24.3 Å². The first-order valence-electron chi connectivity index (χ1n) is 8.12. The summed E-state index contributed by atoms with van der Waals surface area (Å²) in [5, 5.41) is 2.59. The maximum Gasteiger partial charge on any atom is 0.262 e. The summed E-state index contributed by atoms with van der Waals surface area (Å²) >= 11 is 0. The minimum atomic E-state index is -0.373. The highest BCUT2D eigenvalue weighted by molar-refractivity contribution is 5.95. The van der Waals surface area contributed by atoms with Crippen LogP contribution in [0.2, 0.25) is 0 Å². The van der Waals surface area contributed by atoms with Crippen LogP contribution < -0.4 is 15.0 Å². The van der Waals surface area contributed by atoms with E-state index in [1.165, 1.54) is 6.07 Å². The number of carbonyl (C=O) groups is 2. The summed E-state index contributed by atoms with van der Waals surface area (Å²) in [6.07, 6.45) is 1.45. The highest BCUT2D eigenvalue weighted by Crippen LogP contribution is 2.24. The number of nitrogens with zero attached hydrogens (tertiary/aromatic N) is 1. The van der Waals surface area contributed by atoms with Crippen LogP contribution in [0.5, 0.6) is 5.75 Å². The van der Waals surface area contributed by atoms with Crippen molar-refractivity contribution in [2.24, 2.45) is 0 Å². The molecule has 5 nitrogen and oxygen atoms in total. The Labute approximate surface area is 145 Å². The van der Waals surface area contributed by atoms with E-state index < -0.39 is 0 Å². The zero-order chi connectivity index (χ0) is 17.8. The fourth-order valence-corrected chi connectivity index (χ4v) is 2.66. The van der Waals surface area contributed by atoms with Gasteiger partial charge in [-0.3, -0.25) is 9.59 Å². The van der Waals surface area contributed by atoms with E-state index in [4.69, 9.17) is 4.74 Å².